The second kappa shape index (κ2) is 6.64. The molecule has 0 spiro atoms. The number of nitrogens with two attached hydrogens (primary N) is 1. The summed E-state index contributed by atoms with van der Waals surface area (Å²) in [6.45, 7) is 5.32. The Labute approximate surface area is 126 Å². The van der Waals surface area contributed by atoms with Gasteiger partial charge in [0.2, 0.25) is 10.0 Å². The average molecular weight is 313 g/mol. The molecule has 0 aliphatic carbocycles. The molecule has 1 aromatic carbocycles. The molecule has 0 amide bonds. The van der Waals surface area contributed by atoms with Crippen LogP contribution in [-0.4, -0.2) is 46.1 Å². The minimum Gasteiger partial charge on any atom is -0.495 e. The van der Waals surface area contributed by atoms with Crippen LogP contribution in [0.3, 0.4) is 0 Å². The van der Waals surface area contributed by atoms with E-state index in [4.69, 9.17) is 9.88 Å². The Balaban J connectivity index is 2.15. The van der Waals surface area contributed by atoms with Gasteiger partial charge in [0, 0.05) is 19.1 Å². The normalized spacial score (nSPS) is 17.7. The van der Waals surface area contributed by atoms with Gasteiger partial charge in [0.25, 0.3) is 0 Å². The van der Waals surface area contributed by atoms with Gasteiger partial charge >= 0.3 is 0 Å². The number of primary sulfonamides is 1. The van der Waals surface area contributed by atoms with Crippen LogP contribution >= 0.6 is 0 Å². The molecule has 118 valence electrons. The minimum absolute atomic E-state index is 0.0943. The largest absolute Gasteiger partial charge is 0.495 e. The van der Waals surface area contributed by atoms with Crippen molar-refractivity contribution in [3.05, 3.63) is 18.2 Å². The fraction of sp³-hybridized carbons (Fsp3) is 0.571. The summed E-state index contributed by atoms with van der Waals surface area (Å²) in [5.41, 5.74) is 0.680. The summed E-state index contributed by atoms with van der Waals surface area (Å²) in [5.74, 6) is 0.625. The van der Waals surface area contributed by atoms with E-state index in [0.717, 1.165) is 32.5 Å². The van der Waals surface area contributed by atoms with Gasteiger partial charge in [-0.3, -0.25) is 0 Å². The van der Waals surface area contributed by atoms with Crippen molar-refractivity contribution in [1.29, 1.82) is 0 Å². The highest BCUT2D eigenvalue weighted by atomic mass is 32.2. The Bertz CT molecular complexity index is 581. The van der Waals surface area contributed by atoms with E-state index in [1.54, 1.807) is 19.2 Å². The second-order valence-corrected chi connectivity index (χ2v) is 6.82. The van der Waals surface area contributed by atoms with Gasteiger partial charge in [0.05, 0.1) is 17.7 Å². The van der Waals surface area contributed by atoms with E-state index in [-0.39, 0.29) is 4.90 Å². The maximum Gasteiger partial charge on any atom is 0.238 e. The predicted molar refractivity (Wildman–Crippen MR) is 83.1 cm³/mol. The maximum atomic E-state index is 11.5. The van der Waals surface area contributed by atoms with Gasteiger partial charge in [-0.1, -0.05) is 6.92 Å². The Morgan fingerprint density at radius 1 is 1.38 bits per heavy atom. The molecule has 1 heterocycles. The summed E-state index contributed by atoms with van der Waals surface area (Å²) in [6.07, 6.45) is 2.05. The number of anilines is 1. The van der Waals surface area contributed by atoms with E-state index in [0.29, 0.717) is 17.5 Å². The number of hydrogen-bond acceptors (Lipinski definition) is 5. The Morgan fingerprint density at radius 2 is 2.05 bits per heavy atom. The number of rotatable bonds is 5. The molecular formula is C14H23N3O3S. The second-order valence-electron chi connectivity index (χ2n) is 5.26. The summed E-state index contributed by atoms with van der Waals surface area (Å²) in [4.78, 5) is 2.49. The van der Waals surface area contributed by atoms with Crippen LogP contribution in [0, 0.1) is 0 Å². The van der Waals surface area contributed by atoms with E-state index in [1.807, 2.05) is 0 Å². The third-order valence-corrected chi connectivity index (χ3v) is 4.80. The molecule has 0 saturated carbocycles. The van der Waals surface area contributed by atoms with Crippen molar-refractivity contribution in [2.75, 3.05) is 32.1 Å². The van der Waals surface area contributed by atoms with Crippen LogP contribution < -0.4 is 15.2 Å². The first-order chi connectivity index (χ1) is 9.94. The summed E-state index contributed by atoms with van der Waals surface area (Å²) in [7, 11) is -2.14. The first-order valence-corrected chi connectivity index (χ1v) is 8.68. The maximum absolute atomic E-state index is 11.5. The van der Waals surface area contributed by atoms with Gasteiger partial charge in [-0.05, 0) is 37.6 Å². The number of likely N-dealkylation sites (tertiary alicyclic amines) is 1. The number of benzene rings is 1. The third kappa shape index (κ3) is 4.09. The molecule has 1 fully saturated rings. The fourth-order valence-corrected chi connectivity index (χ4v) is 3.13. The third-order valence-electron chi connectivity index (χ3n) is 3.89. The molecular weight excluding hydrogens is 290 g/mol. The molecule has 7 heteroatoms. The first kappa shape index (κ1) is 16.1. The van der Waals surface area contributed by atoms with Gasteiger partial charge in [0.1, 0.15) is 5.75 Å². The molecule has 0 radical (unpaired) electrons. The average Bonchev–Trinajstić information content (AvgIpc) is 2.47. The van der Waals surface area contributed by atoms with E-state index >= 15 is 0 Å². The Hall–Kier alpha value is -1.31. The van der Waals surface area contributed by atoms with Gasteiger partial charge in [-0.25, -0.2) is 13.6 Å². The van der Waals surface area contributed by atoms with Crippen molar-refractivity contribution in [2.24, 2.45) is 5.14 Å². The summed E-state index contributed by atoms with van der Waals surface area (Å²) >= 11 is 0. The molecule has 2 rings (SSSR count). The highest BCUT2D eigenvalue weighted by molar-refractivity contribution is 7.89. The molecule has 1 aliphatic rings. The Morgan fingerprint density at radius 3 is 2.57 bits per heavy atom. The number of nitrogens with zero attached hydrogens (tertiary/aromatic N) is 1. The number of sulfonamides is 1. The van der Waals surface area contributed by atoms with Crippen LogP contribution in [0.25, 0.3) is 0 Å². The quantitative estimate of drug-likeness (QED) is 0.854. The van der Waals surface area contributed by atoms with E-state index in [1.165, 1.54) is 6.07 Å². The lowest BCUT2D eigenvalue weighted by atomic mass is 10.0. The van der Waals surface area contributed by atoms with Crippen LogP contribution in [0.4, 0.5) is 5.69 Å². The molecule has 1 saturated heterocycles. The number of ether oxygens (including phenoxy) is 1. The van der Waals surface area contributed by atoms with Crippen LogP contribution in [0.15, 0.2) is 23.1 Å². The smallest absolute Gasteiger partial charge is 0.238 e. The molecule has 1 aliphatic heterocycles. The lowest BCUT2D eigenvalue weighted by molar-refractivity contribution is 0.229. The molecule has 6 nitrogen and oxygen atoms in total. The zero-order chi connectivity index (χ0) is 15.5. The summed E-state index contributed by atoms with van der Waals surface area (Å²) in [6, 6.07) is 4.94. The van der Waals surface area contributed by atoms with E-state index in [2.05, 4.69) is 17.1 Å². The molecule has 21 heavy (non-hydrogen) atoms. The monoisotopic (exact) mass is 313 g/mol. The van der Waals surface area contributed by atoms with Gasteiger partial charge < -0.3 is 15.0 Å². The zero-order valence-corrected chi connectivity index (χ0v) is 13.3. The van der Waals surface area contributed by atoms with Crippen LogP contribution in [0.2, 0.25) is 0 Å². The minimum atomic E-state index is -3.71. The number of hydrogen-bond donors (Lipinski definition) is 2. The van der Waals surface area contributed by atoms with Crippen molar-refractivity contribution < 1.29 is 13.2 Å². The molecule has 3 N–H and O–H groups in total. The topological polar surface area (TPSA) is 84.7 Å². The van der Waals surface area contributed by atoms with Gasteiger partial charge in [-0.15, -0.1) is 0 Å². The van der Waals surface area contributed by atoms with Crippen molar-refractivity contribution in [2.45, 2.75) is 30.7 Å². The SMILES string of the molecule is CCN1CCC(Nc2cc(S(N)(=O)=O)ccc2OC)CC1. The summed E-state index contributed by atoms with van der Waals surface area (Å²) in [5, 5.41) is 8.57. The first-order valence-electron chi connectivity index (χ1n) is 7.13. The van der Waals surface area contributed by atoms with Gasteiger partial charge in [0.15, 0.2) is 0 Å². The van der Waals surface area contributed by atoms with Crippen LogP contribution in [0.1, 0.15) is 19.8 Å². The zero-order valence-electron chi connectivity index (χ0n) is 12.5. The molecule has 0 aromatic heterocycles. The molecule has 0 unspecified atom stereocenters. The standard InChI is InChI=1S/C14H23N3O3S/c1-3-17-8-6-11(7-9-17)16-13-10-12(21(15,18)19)4-5-14(13)20-2/h4-5,10-11,16H,3,6-9H2,1-2H3,(H2,15,18,19). The molecule has 0 bridgehead atoms. The highest BCUT2D eigenvalue weighted by Crippen LogP contribution is 2.29. The van der Waals surface area contributed by atoms with E-state index in [9.17, 15) is 8.42 Å². The van der Waals surface area contributed by atoms with Crippen LogP contribution in [-0.2, 0) is 10.0 Å². The fourth-order valence-electron chi connectivity index (χ4n) is 2.59. The highest BCUT2D eigenvalue weighted by Gasteiger charge is 2.20. The van der Waals surface area contributed by atoms with Crippen LogP contribution in [0.5, 0.6) is 5.75 Å². The lowest BCUT2D eigenvalue weighted by Crippen LogP contribution is -2.38. The van der Waals surface area contributed by atoms with Crippen molar-refractivity contribution in [1.82, 2.24) is 4.90 Å². The predicted octanol–water partition coefficient (Wildman–Crippen LogP) is 1.24. The van der Waals surface area contributed by atoms with Gasteiger partial charge in [-0.2, -0.15) is 0 Å². The number of nitrogens with one attached hydrogen (secondary N) is 1. The van der Waals surface area contributed by atoms with E-state index < -0.39 is 10.0 Å². The molecule has 0 atom stereocenters. The van der Waals surface area contributed by atoms with Crippen molar-refractivity contribution in [3.63, 3.8) is 0 Å². The lowest BCUT2D eigenvalue weighted by Gasteiger charge is -2.32. The Kier molecular flexibility index (Phi) is 5.08. The number of methoxy groups -OCH3 is 1. The van der Waals surface area contributed by atoms with Crippen molar-refractivity contribution >= 4 is 15.7 Å². The summed E-state index contributed by atoms with van der Waals surface area (Å²) < 4.78 is 28.2. The van der Waals surface area contributed by atoms with Crippen molar-refractivity contribution in [3.8, 4) is 5.75 Å². The molecule has 1 aromatic rings. The number of piperidine rings is 1.